The van der Waals surface area contributed by atoms with Crippen molar-refractivity contribution in [1.29, 1.82) is 0 Å². The quantitative estimate of drug-likeness (QED) is 0.835. The first-order valence-corrected chi connectivity index (χ1v) is 8.94. The average Bonchev–Trinajstić information content (AvgIpc) is 2.96. The van der Waals surface area contributed by atoms with E-state index in [4.69, 9.17) is 0 Å². The van der Waals surface area contributed by atoms with Gasteiger partial charge in [-0.15, -0.1) is 11.3 Å². The third-order valence-corrected chi connectivity index (χ3v) is 5.33. The molecule has 0 aromatic carbocycles. The maximum Gasteiger partial charge on any atom is 0.0328 e. The highest BCUT2D eigenvalue weighted by Gasteiger charge is 2.30. The molecule has 0 bridgehead atoms. The van der Waals surface area contributed by atoms with E-state index in [0.29, 0.717) is 6.04 Å². The molecule has 1 aliphatic heterocycles. The molecule has 3 nitrogen and oxygen atoms in total. The van der Waals surface area contributed by atoms with Gasteiger partial charge in [-0.3, -0.25) is 4.90 Å². The van der Waals surface area contributed by atoms with E-state index in [2.05, 4.69) is 62.1 Å². The Morgan fingerprint density at radius 1 is 1.29 bits per heavy atom. The van der Waals surface area contributed by atoms with Gasteiger partial charge in [-0.2, -0.15) is 0 Å². The first-order valence-electron chi connectivity index (χ1n) is 8.12. The van der Waals surface area contributed by atoms with Crippen LogP contribution < -0.4 is 5.32 Å². The predicted octanol–water partition coefficient (Wildman–Crippen LogP) is 2.88. The molecule has 0 aliphatic carbocycles. The van der Waals surface area contributed by atoms with E-state index in [1.165, 1.54) is 22.8 Å². The lowest BCUT2D eigenvalue weighted by molar-refractivity contribution is 0.251. The van der Waals surface area contributed by atoms with Gasteiger partial charge in [0.2, 0.25) is 0 Å². The van der Waals surface area contributed by atoms with Crippen molar-refractivity contribution in [2.24, 2.45) is 11.8 Å². The number of hydrogen-bond donors (Lipinski definition) is 1. The van der Waals surface area contributed by atoms with Crippen molar-refractivity contribution in [2.75, 3.05) is 33.7 Å². The molecule has 2 atom stereocenters. The zero-order valence-corrected chi connectivity index (χ0v) is 15.0. The molecular formula is C17H31N3S. The van der Waals surface area contributed by atoms with E-state index >= 15 is 0 Å². The van der Waals surface area contributed by atoms with Crippen molar-refractivity contribution in [3.05, 3.63) is 21.9 Å². The predicted molar refractivity (Wildman–Crippen MR) is 92.8 cm³/mol. The van der Waals surface area contributed by atoms with Crippen molar-refractivity contribution in [3.8, 4) is 0 Å². The summed E-state index contributed by atoms with van der Waals surface area (Å²) in [5.41, 5.74) is 0. The summed E-state index contributed by atoms with van der Waals surface area (Å²) >= 11 is 1.96. The molecule has 1 aliphatic rings. The van der Waals surface area contributed by atoms with Gasteiger partial charge in [-0.1, -0.05) is 20.8 Å². The normalized spacial score (nSPS) is 23.6. The van der Waals surface area contributed by atoms with Gasteiger partial charge in [-0.25, -0.2) is 0 Å². The summed E-state index contributed by atoms with van der Waals surface area (Å²) in [4.78, 5) is 7.94. The minimum absolute atomic E-state index is 0.706. The molecule has 0 radical (unpaired) electrons. The second-order valence-corrected chi connectivity index (χ2v) is 8.35. The van der Waals surface area contributed by atoms with Crippen LogP contribution in [0.4, 0.5) is 0 Å². The van der Waals surface area contributed by atoms with Crippen LogP contribution in [0.1, 0.15) is 30.5 Å². The Balaban J connectivity index is 1.80. The van der Waals surface area contributed by atoms with Crippen LogP contribution in [0.15, 0.2) is 12.1 Å². The van der Waals surface area contributed by atoms with E-state index in [0.717, 1.165) is 31.5 Å². The lowest BCUT2D eigenvalue weighted by atomic mass is 10.1. The maximum absolute atomic E-state index is 3.53. The van der Waals surface area contributed by atoms with E-state index < -0.39 is 0 Å². The molecule has 1 N–H and O–H groups in total. The highest BCUT2D eigenvalue weighted by molar-refractivity contribution is 7.11. The van der Waals surface area contributed by atoms with Crippen molar-refractivity contribution in [1.82, 2.24) is 15.1 Å². The zero-order chi connectivity index (χ0) is 15.4. The van der Waals surface area contributed by atoms with Crippen LogP contribution >= 0.6 is 11.3 Å². The molecule has 4 heteroatoms. The monoisotopic (exact) mass is 309 g/mol. The molecule has 1 fully saturated rings. The van der Waals surface area contributed by atoms with Crippen molar-refractivity contribution >= 4 is 11.3 Å². The lowest BCUT2D eigenvalue weighted by Gasteiger charge is -2.22. The van der Waals surface area contributed by atoms with E-state index in [-0.39, 0.29) is 0 Å². The van der Waals surface area contributed by atoms with Crippen molar-refractivity contribution in [3.63, 3.8) is 0 Å². The fourth-order valence-corrected chi connectivity index (χ4v) is 4.19. The van der Waals surface area contributed by atoms with Crippen LogP contribution in [0.5, 0.6) is 0 Å². The van der Waals surface area contributed by atoms with Crippen LogP contribution in [-0.2, 0) is 13.1 Å². The summed E-state index contributed by atoms with van der Waals surface area (Å²) in [6.07, 6.45) is 0. The fourth-order valence-electron chi connectivity index (χ4n) is 3.16. The largest absolute Gasteiger partial charge is 0.312 e. The summed E-state index contributed by atoms with van der Waals surface area (Å²) in [6, 6.07) is 5.30. The Hall–Kier alpha value is -0.420. The second kappa shape index (κ2) is 7.73. The van der Waals surface area contributed by atoms with Gasteiger partial charge in [0.05, 0.1) is 0 Å². The van der Waals surface area contributed by atoms with Gasteiger partial charge >= 0.3 is 0 Å². The highest BCUT2D eigenvalue weighted by atomic mass is 32.1. The summed E-state index contributed by atoms with van der Waals surface area (Å²) in [5.74, 6) is 1.49. The van der Waals surface area contributed by atoms with Gasteiger partial charge < -0.3 is 10.2 Å². The molecule has 21 heavy (non-hydrogen) atoms. The first-order chi connectivity index (χ1) is 9.95. The van der Waals surface area contributed by atoms with E-state index in [1.807, 2.05) is 11.3 Å². The summed E-state index contributed by atoms with van der Waals surface area (Å²) < 4.78 is 0. The van der Waals surface area contributed by atoms with Crippen LogP contribution in [0.2, 0.25) is 0 Å². The number of rotatable bonds is 7. The van der Waals surface area contributed by atoms with Crippen LogP contribution in [0, 0.1) is 11.8 Å². The number of nitrogens with one attached hydrogen (secondary N) is 1. The Labute approximate surface area is 134 Å². The molecule has 120 valence electrons. The fraction of sp³-hybridized carbons (Fsp3) is 0.765. The molecule has 1 aromatic rings. The number of likely N-dealkylation sites (tertiary alicyclic amines) is 1. The van der Waals surface area contributed by atoms with Gasteiger partial charge in [-0.05, 0) is 44.6 Å². The molecule has 1 aromatic heterocycles. The average molecular weight is 310 g/mol. The second-order valence-electron chi connectivity index (χ2n) is 7.10. The SMILES string of the molecule is CC(C)CNCc1ccc(CN2CC(C)C(N(C)C)C2)s1. The molecule has 0 spiro atoms. The topological polar surface area (TPSA) is 18.5 Å². The Bertz CT molecular complexity index is 427. The van der Waals surface area contributed by atoms with E-state index in [9.17, 15) is 0 Å². The number of hydrogen-bond acceptors (Lipinski definition) is 4. The van der Waals surface area contributed by atoms with Crippen molar-refractivity contribution < 1.29 is 0 Å². The molecule has 0 amide bonds. The minimum atomic E-state index is 0.706. The Morgan fingerprint density at radius 3 is 2.62 bits per heavy atom. The Kier molecular flexibility index (Phi) is 6.23. The lowest BCUT2D eigenvalue weighted by Crippen LogP contribution is -2.34. The number of thiophene rings is 1. The smallest absolute Gasteiger partial charge is 0.0328 e. The first kappa shape index (κ1) is 16.9. The summed E-state index contributed by atoms with van der Waals surface area (Å²) in [6.45, 7) is 12.5. The third kappa shape index (κ3) is 5.06. The molecule has 1 saturated heterocycles. The van der Waals surface area contributed by atoms with Crippen LogP contribution in [-0.4, -0.2) is 49.6 Å². The van der Waals surface area contributed by atoms with Crippen molar-refractivity contribution in [2.45, 2.75) is 39.9 Å². The summed E-state index contributed by atoms with van der Waals surface area (Å²) in [7, 11) is 4.41. The highest BCUT2D eigenvalue weighted by Crippen LogP contribution is 2.24. The van der Waals surface area contributed by atoms with Gasteiger partial charge in [0.25, 0.3) is 0 Å². The molecular weight excluding hydrogens is 278 g/mol. The summed E-state index contributed by atoms with van der Waals surface area (Å²) in [5, 5.41) is 3.53. The molecule has 2 unspecified atom stereocenters. The van der Waals surface area contributed by atoms with E-state index in [1.54, 1.807) is 0 Å². The van der Waals surface area contributed by atoms with Gasteiger partial charge in [0.1, 0.15) is 0 Å². The van der Waals surface area contributed by atoms with Crippen LogP contribution in [0.25, 0.3) is 0 Å². The minimum Gasteiger partial charge on any atom is -0.312 e. The third-order valence-electron chi connectivity index (χ3n) is 4.26. The maximum atomic E-state index is 3.53. The molecule has 0 saturated carbocycles. The van der Waals surface area contributed by atoms with Gasteiger partial charge in [0.15, 0.2) is 0 Å². The van der Waals surface area contributed by atoms with Gasteiger partial charge in [0, 0.05) is 42.0 Å². The number of likely N-dealkylation sites (N-methyl/N-ethyl adjacent to an activating group) is 1. The zero-order valence-electron chi connectivity index (χ0n) is 14.2. The molecule has 2 heterocycles. The number of nitrogens with zero attached hydrogens (tertiary/aromatic N) is 2. The van der Waals surface area contributed by atoms with Crippen LogP contribution in [0.3, 0.4) is 0 Å². The Morgan fingerprint density at radius 2 is 2.00 bits per heavy atom. The molecule has 2 rings (SSSR count). The standard InChI is InChI=1S/C17H31N3S/c1-13(2)8-18-9-15-6-7-16(21-15)11-20-10-14(3)17(12-20)19(4)5/h6-7,13-14,17-18H,8-12H2,1-5H3.